The fraction of sp³-hybridized carbons (Fsp3) is 0.304. The van der Waals surface area contributed by atoms with Crippen LogP contribution in [0, 0.1) is 12.8 Å². The molecule has 9 nitrogen and oxygen atoms in total. The Bertz CT molecular complexity index is 1270. The van der Waals surface area contributed by atoms with Crippen LogP contribution in [-0.2, 0) is 10.0 Å². The van der Waals surface area contributed by atoms with Crippen molar-refractivity contribution in [3.05, 3.63) is 59.9 Å². The van der Waals surface area contributed by atoms with E-state index in [1.54, 1.807) is 12.1 Å². The molecule has 1 aliphatic rings. The van der Waals surface area contributed by atoms with Crippen LogP contribution in [-0.4, -0.2) is 42.4 Å². The van der Waals surface area contributed by atoms with Crippen LogP contribution in [0.2, 0.25) is 0 Å². The number of carbonyl (C=O) groups is 1. The Kier molecular flexibility index (Phi) is 6.28. The predicted molar refractivity (Wildman–Crippen MR) is 126 cm³/mol. The van der Waals surface area contributed by atoms with Crippen LogP contribution < -0.4 is 15.4 Å². The molecule has 1 amide bonds. The lowest BCUT2D eigenvalue weighted by Gasteiger charge is -2.32. The third kappa shape index (κ3) is 4.95. The zero-order chi connectivity index (χ0) is 23.6. The maximum absolute atomic E-state index is 13.1. The number of nitrogens with zero attached hydrogens (tertiary/aromatic N) is 4. The summed E-state index contributed by atoms with van der Waals surface area (Å²) in [6.45, 7) is 5.67. The minimum Gasteiger partial charge on any atom is -0.381 e. The summed E-state index contributed by atoms with van der Waals surface area (Å²) in [7, 11) is -4.31. The van der Waals surface area contributed by atoms with E-state index in [1.807, 2.05) is 36.1 Å². The van der Waals surface area contributed by atoms with E-state index in [0.717, 1.165) is 37.1 Å². The van der Waals surface area contributed by atoms with E-state index < -0.39 is 21.0 Å². The molecule has 1 fully saturated rings. The summed E-state index contributed by atoms with van der Waals surface area (Å²) in [5.74, 6) is -0.0360. The molecule has 3 N–H and O–H groups in total. The maximum Gasteiger partial charge on any atom is 0.285 e. The van der Waals surface area contributed by atoms with Gasteiger partial charge in [0.25, 0.3) is 15.9 Å². The largest absolute Gasteiger partial charge is 0.381 e. The Morgan fingerprint density at radius 1 is 1.06 bits per heavy atom. The number of benzene rings is 1. The van der Waals surface area contributed by atoms with Gasteiger partial charge in [-0.2, -0.15) is 8.42 Å². The zero-order valence-electron chi connectivity index (χ0n) is 18.5. The van der Waals surface area contributed by atoms with Gasteiger partial charge in [0.1, 0.15) is 5.82 Å². The highest BCUT2D eigenvalue weighted by Gasteiger charge is 2.28. The lowest BCUT2D eigenvalue weighted by Crippen LogP contribution is -2.37. The van der Waals surface area contributed by atoms with Crippen molar-refractivity contribution in [2.75, 3.05) is 23.7 Å². The normalized spacial score (nSPS) is 14.8. The number of nitrogens with two attached hydrogens (primary N) is 1. The molecule has 3 aromatic rings. The number of carbonyl (C=O) groups excluding carboxylic acids is 1. The summed E-state index contributed by atoms with van der Waals surface area (Å²) in [4.78, 5) is 27.4. The van der Waals surface area contributed by atoms with Crippen LogP contribution in [0.25, 0.3) is 11.3 Å². The number of aromatic nitrogens is 3. The van der Waals surface area contributed by atoms with Gasteiger partial charge in [0.15, 0.2) is 5.82 Å². The van der Waals surface area contributed by atoms with Gasteiger partial charge in [-0.15, -0.1) is 0 Å². The molecule has 0 radical (unpaired) electrons. The van der Waals surface area contributed by atoms with E-state index >= 15 is 0 Å². The van der Waals surface area contributed by atoms with Crippen LogP contribution >= 0.6 is 0 Å². The Labute approximate surface area is 193 Å². The van der Waals surface area contributed by atoms with Gasteiger partial charge in [-0.1, -0.05) is 36.8 Å². The summed E-state index contributed by atoms with van der Waals surface area (Å²) in [5, 5.41) is -0.490. The van der Waals surface area contributed by atoms with E-state index in [9.17, 15) is 13.2 Å². The van der Waals surface area contributed by atoms with Gasteiger partial charge in [0, 0.05) is 31.0 Å². The lowest BCUT2D eigenvalue weighted by atomic mass is 9.98. The summed E-state index contributed by atoms with van der Waals surface area (Å²) in [5.41, 5.74) is 8.58. The number of piperidine rings is 1. The molecule has 0 unspecified atom stereocenters. The number of pyridine rings is 1. The Morgan fingerprint density at radius 2 is 1.73 bits per heavy atom. The second-order valence-corrected chi connectivity index (χ2v) is 9.88. The van der Waals surface area contributed by atoms with E-state index in [4.69, 9.17) is 10.7 Å². The molecule has 0 spiro atoms. The van der Waals surface area contributed by atoms with Crippen molar-refractivity contribution in [1.82, 2.24) is 19.7 Å². The van der Waals surface area contributed by atoms with Crippen LogP contribution in [0.1, 0.15) is 35.7 Å². The molecule has 0 saturated carbocycles. The molecule has 0 aliphatic carbocycles. The van der Waals surface area contributed by atoms with Crippen molar-refractivity contribution in [2.24, 2.45) is 5.92 Å². The lowest BCUT2D eigenvalue weighted by molar-refractivity contribution is 0.0981. The summed E-state index contributed by atoms with van der Waals surface area (Å²) in [6.07, 6.45) is 4.41. The molecule has 2 aromatic heterocycles. The fourth-order valence-electron chi connectivity index (χ4n) is 3.74. The molecule has 0 bridgehead atoms. The molecule has 4 rings (SSSR count). The first-order valence-electron chi connectivity index (χ1n) is 10.7. The maximum atomic E-state index is 13.1. The van der Waals surface area contributed by atoms with E-state index in [2.05, 4.69) is 21.6 Å². The standard InChI is InChI=1S/C23H26N6O3S/c1-15-3-5-17(6-4-15)19-8-7-18(21(27-19)29-13-9-16(2)10-14-29)22(30)28-33(31,32)23-20(24)25-11-12-26-23/h3-8,11-12,16H,9-10,13-14H2,1-2H3,(H2,24,25)(H,28,30). The molecule has 1 aromatic carbocycles. The summed E-state index contributed by atoms with van der Waals surface area (Å²) >= 11 is 0. The van der Waals surface area contributed by atoms with E-state index in [-0.39, 0.29) is 11.4 Å². The predicted octanol–water partition coefficient (Wildman–Crippen LogP) is 2.78. The molecule has 1 saturated heterocycles. The molecule has 10 heteroatoms. The first-order chi connectivity index (χ1) is 15.7. The number of nitrogen functional groups attached to an aromatic ring is 1. The minimum atomic E-state index is -4.31. The number of sulfonamides is 1. The third-order valence-corrected chi connectivity index (χ3v) is 7.00. The van der Waals surface area contributed by atoms with E-state index in [1.165, 1.54) is 12.4 Å². The van der Waals surface area contributed by atoms with Crippen molar-refractivity contribution in [3.63, 3.8) is 0 Å². The topological polar surface area (TPSA) is 131 Å². The second-order valence-electron chi connectivity index (χ2n) is 8.28. The van der Waals surface area contributed by atoms with Gasteiger partial charge in [-0.3, -0.25) is 4.79 Å². The van der Waals surface area contributed by atoms with Gasteiger partial charge >= 0.3 is 0 Å². The van der Waals surface area contributed by atoms with Crippen LogP contribution in [0.15, 0.2) is 53.8 Å². The summed E-state index contributed by atoms with van der Waals surface area (Å²) in [6, 6.07) is 11.3. The number of anilines is 2. The smallest absolute Gasteiger partial charge is 0.285 e. The number of hydrogen-bond acceptors (Lipinski definition) is 8. The van der Waals surface area contributed by atoms with Gasteiger partial charge in [-0.25, -0.2) is 19.7 Å². The highest BCUT2D eigenvalue weighted by Crippen LogP contribution is 2.28. The van der Waals surface area contributed by atoms with Gasteiger partial charge in [0.2, 0.25) is 5.03 Å². The average Bonchev–Trinajstić information content (AvgIpc) is 2.79. The number of aryl methyl sites for hydroxylation is 1. The number of nitrogens with one attached hydrogen (secondary N) is 1. The molecular weight excluding hydrogens is 440 g/mol. The Hall–Kier alpha value is -3.53. The van der Waals surface area contributed by atoms with Crippen LogP contribution in [0.4, 0.5) is 11.6 Å². The Balaban J connectivity index is 1.71. The average molecular weight is 467 g/mol. The number of hydrogen-bond donors (Lipinski definition) is 2. The zero-order valence-corrected chi connectivity index (χ0v) is 19.3. The summed E-state index contributed by atoms with van der Waals surface area (Å²) < 4.78 is 27.5. The van der Waals surface area contributed by atoms with Crippen molar-refractivity contribution in [3.8, 4) is 11.3 Å². The van der Waals surface area contributed by atoms with Gasteiger partial charge < -0.3 is 10.6 Å². The van der Waals surface area contributed by atoms with Gasteiger partial charge in [0.05, 0.1) is 11.3 Å². The van der Waals surface area contributed by atoms with Crippen LogP contribution in [0.3, 0.4) is 0 Å². The van der Waals surface area contributed by atoms with Crippen molar-refractivity contribution >= 4 is 27.6 Å². The SMILES string of the molecule is Cc1ccc(-c2ccc(C(=O)NS(=O)(=O)c3nccnc3N)c(N3CCC(C)CC3)n2)cc1. The first kappa shape index (κ1) is 22.7. The number of rotatable bonds is 5. The molecule has 0 atom stereocenters. The van der Waals surface area contributed by atoms with Gasteiger partial charge in [-0.05, 0) is 37.8 Å². The van der Waals surface area contributed by atoms with Crippen molar-refractivity contribution in [1.29, 1.82) is 0 Å². The highest BCUT2D eigenvalue weighted by molar-refractivity contribution is 7.90. The number of amides is 1. The van der Waals surface area contributed by atoms with Crippen LogP contribution in [0.5, 0.6) is 0 Å². The second kappa shape index (κ2) is 9.14. The Morgan fingerprint density at radius 3 is 2.39 bits per heavy atom. The quantitative estimate of drug-likeness (QED) is 0.587. The fourth-order valence-corrected chi connectivity index (χ4v) is 4.72. The molecular formula is C23H26N6O3S. The highest BCUT2D eigenvalue weighted by atomic mass is 32.2. The monoisotopic (exact) mass is 466 g/mol. The molecule has 33 heavy (non-hydrogen) atoms. The van der Waals surface area contributed by atoms with Crippen molar-refractivity contribution < 1.29 is 13.2 Å². The van der Waals surface area contributed by atoms with E-state index in [0.29, 0.717) is 17.4 Å². The first-order valence-corrected chi connectivity index (χ1v) is 12.2. The molecule has 1 aliphatic heterocycles. The van der Waals surface area contributed by atoms with Crippen molar-refractivity contribution in [2.45, 2.75) is 31.7 Å². The molecule has 172 valence electrons. The molecule has 3 heterocycles. The minimum absolute atomic E-state index is 0.173. The third-order valence-electron chi connectivity index (χ3n) is 5.72.